The summed E-state index contributed by atoms with van der Waals surface area (Å²) in [5.74, 6) is 0.634. The van der Waals surface area contributed by atoms with E-state index in [0.717, 1.165) is 11.5 Å². The number of halogens is 2. The third kappa shape index (κ3) is 6.78. The molecular formula is C15H25FIN3O2. The molecule has 0 atom stereocenters. The Morgan fingerprint density at radius 1 is 1.41 bits per heavy atom. The molecule has 0 spiro atoms. The smallest absolute Gasteiger partial charge is 0.193 e. The van der Waals surface area contributed by atoms with Gasteiger partial charge in [-0.3, -0.25) is 4.99 Å². The van der Waals surface area contributed by atoms with E-state index in [9.17, 15) is 4.39 Å². The van der Waals surface area contributed by atoms with Gasteiger partial charge in [-0.1, -0.05) is 6.07 Å². The van der Waals surface area contributed by atoms with Crippen LogP contribution < -0.4 is 10.1 Å². The van der Waals surface area contributed by atoms with Crippen molar-refractivity contribution < 1.29 is 13.9 Å². The van der Waals surface area contributed by atoms with Crippen molar-refractivity contribution in [2.75, 3.05) is 41.0 Å². The largest absolute Gasteiger partial charge is 0.494 e. The maximum atomic E-state index is 13.7. The molecule has 5 nitrogen and oxygen atoms in total. The molecule has 0 saturated carbocycles. The van der Waals surface area contributed by atoms with E-state index in [2.05, 4.69) is 10.3 Å². The second kappa shape index (κ2) is 11.5. The molecule has 1 N–H and O–H groups in total. The summed E-state index contributed by atoms with van der Waals surface area (Å²) in [6, 6.07) is 4.94. The van der Waals surface area contributed by atoms with Crippen LogP contribution in [0, 0.1) is 5.82 Å². The second-order valence-corrected chi connectivity index (χ2v) is 4.50. The lowest BCUT2D eigenvalue weighted by atomic mass is 10.2. The highest BCUT2D eigenvalue weighted by Gasteiger charge is 2.09. The average Bonchev–Trinajstić information content (AvgIpc) is 2.47. The highest BCUT2D eigenvalue weighted by molar-refractivity contribution is 14.0. The summed E-state index contributed by atoms with van der Waals surface area (Å²) in [6.45, 7) is 4.51. The van der Waals surface area contributed by atoms with E-state index >= 15 is 0 Å². The average molecular weight is 425 g/mol. The lowest BCUT2D eigenvalue weighted by molar-refractivity contribution is 0.152. The third-order valence-electron chi connectivity index (χ3n) is 2.94. The Morgan fingerprint density at radius 2 is 2.14 bits per heavy atom. The summed E-state index contributed by atoms with van der Waals surface area (Å²) in [7, 11) is 5.07. The zero-order valence-corrected chi connectivity index (χ0v) is 15.9. The van der Waals surface area contributed by atoms with Crippen LogP contribution in [0.15, 0.2) is 23.2 Å². The van der Waals surface area contributed by atoms with Crippen LogP contribution in [0.5, 0.6) is 5.75 Å². The van der Waals surface area contributed by atoms with Crippen molar-refractivity contribution >= 4 is 29.9 Å². The predicted molar refractivity (Wildman–Crippen MR) is 97.7 cm³/mol. The molecule has 0 bridgehead atoms. The molecule has 126 valence electrons. The standard InChI is InChI=1S/C15H24FN3O2.HI/c1-5-21-9-8-18-15(17-2)19(3)11-12-6-7-14(20-4)13(16)10-12;/h6-7,10H,5,8-9,11H2,1-4H3,(H,17,18);1H. The first-order valence-electron chi connectivity index (χ1n) is 6.94. The number of benzene rings is 1. The van der Waals surface area contributed by atoms with Crippen molar-refractivity contribution in [2.24, 2.45) is 4.99 Å². The molecule has 0 unspecified atom stereocenters. The van der Waals surface area contributed by atoms with Gasteiger partial charge in [0.1, 0.15) is 0 Å². The van der Waals surface area contributed by atoms with Gasteiger partial charge >= 0.3 is 0 Å². The first kappa shape index (κ1) is 20.9. The van der Waals surface area contributed by atoms with Crippen molar-refractivity contribution in [3.05, 3.63) is 29.6 Å². The topological polar surface area (TPSA) is 46.1 Å². The normalized spacial score (nSPS) is 10.9. The quantitative estimate of drug-likeness (QED) is 0.316. The van der Waals surface area contributed by atoms with Gasteiger partial charge in [0.2, 0.25) is 0 Å². The van der Waals surface area contributed by atoms with E-state index < -0.39 is 0 Å². The first-order chi connectivity index (χ1) is 10.1. The molecule has 0 radical (unpaired) electrons. The summed E-state index contributed by atoms with van der Waals surface area (Å²) >= 11 is 0. The molecule has 1 rings (SSSR count). The van der Waals surface area contributed by atoms with Crippen LogP contribution >= 0.6 is 24.0 Å². The summed E-state index contributed by atoms with van der Waals surface area (Å²) in [5, 5.41) is 3.19. The Hall–Kier alpha value is -1.09. The lowest BCUT2D eigenvalue weighted by Crippen LogP contribution is -2.39. The number of hydrogen-bond donors (Lipinski definition) is 1. The fraction of sp³-hybridized carbons (Fsp3) is 0.533. The van der Waals surface area contributed by atoms with Crippen molar-refractivity contribution in [1.29, 1.82) is 0 Å². The van der Waals surface area contributed by atoms with E-state index in [1.807, 2.05) is 24.9 Å². The van der Waals surface area contributed by atoms with E-state index in [0.29, 0.717) is 26.3 Å². The van der Waals surface area contributed by atoms with E-state index in [4.69, 9.17) is 9.47 Å². The minimum Gasteiger partial charge on any atom is -0.494 e. The maximum absolute atomic E-state index is 13.7. The summed E-state index contributed by atoms with van der Waals surface area (Å²) in [6.07, 6.45) is 0. The SMILES string of the molecule is CCOCCNC(=NC)N(C)Cc1ccc(OC)c(F)c1.I. The van der Waals surface area contributed by atoms with Crippen LogP contribution in [-0.2, 0) is 11.3 Å². The predicted octanol–water partition coefficient (Wildman–Crippen LogP) is 2.50. The van der Waals surface area contributed by atoms with Gasteiger partial charge in [0.15, 0.2) is 17.5 Å². The van der Waals surface area contributed by atoms with Gasteiger partial charge in [0.05, 0.1) is 13.7 Å². The van der Waals surface area contributed by atoms with Crippen LogP contribution in [0.25, 0.3) is 0 Å². The lowest BCUT2D eigenvalue weighted by Gasteiger charge is -2.22. The number of ether oxygens (including phenoxy) is 2. The van der Waals surface area contributed by atoms with E-state index in [-0.39, 0.29) is 35.5 Å². The Morgan fingerprint density at radius 3 is 2.68 bits per heavy atom. The number of nitrogens with one attached hydrogen (secondary N) is 1. The molecule has 0 saturated heterocycles. The molecule has 0 aliphatic carbocycles. The van der Waals surface area contributed by atoms with Crippen molar-refractivity contribution in [2.45, 2.75) is 13.5 Å². The van der Waals surface area contributed by atoms with Gasteiger partial charge in [-0.05, 0) is 24.6 Å². The number of rotatable bonds is 7. The number of aliphatic imine (C=N–C) groups is 1. The number of guanidine groups is 1. The summed E-state index contributed by atoms with van der Waals surface area (Å²) in [4.78, 5) is 6.12. The fourth-order valence-electron chi connectivity index (χ4n) is 1.92. The number of hydrogen-bond acceptors (Lipinski definition) is 3. The number of methoxy groups -OCH3 is 1. The first-order valence-corrected chi connectivity index (χ1v) is 6.94. The zero-order valence-electron chi connectivity index (χ0n) is 13.6. The van der Waals surface area contributed by atoms with Crippen molar-refractivity contribution in [3.8, 4) is 5.75 Å². The van der Waals surface area contributed by atoms with Gasteiger partial charge in [0.25, 0.3) is 0 Å². The summed E-state index contributed by atoms with van der Waals surface area (Å²) in [5.41, 5.74) is 0.851. The fourth-order valence-corrected chi connectivity index (χ4v) is 1.92. The highest BCUT2D eigenvalue weighted by atomic mass is 127. The Labute approximate surface area is 148 Å². The van der Waals surface area contributed by atoms with Crippen molar-refractivity contribution in [1.82, 2.24) is 10.2 Å². The Balaban J connectivity index is 0.00000441. The van der Waals surface area contributed by atoms with Crippen LogP contribution in [0.2, 0.25) is 0 Å². The third-order valence-corrected chi connectivity index (χ3v) is 2.94. The molecule has 7 heteroatoms. The molecule has 0 aliphatic heterocycles. The van der Waals surface area contributed by atoms with Gasteiger partial charge in [-0.25, -0.2) is 4.39 Å². The molecule has 1 aromatic rings. The molecular weight excluding hydrogens is 400 g/mol. The second-order valence-electron chi connectivity index (χ2n) is 4.50. The molecule has 0 fully saturated rings. The van der Waals surface area contributed by atoms with Gasteiger partial charge in [0, 0.05) is 33.8 Å². The van der Waals surface area contributed by atoms with Crippen LogP contribution in [-0.4, -0.2) is 51.8 Å². The van der Waals surface area contributed by atoms with Gasteiger partial charge in [-0.2, -0.15) is 0 Å². The van der Waals surface area contributed by atoms with Gasteiger partial charge in [-0.15, -0.1) is 24.0 Å². The monoisotopic (exact) mass is 425 g/mol. The molecule has 0 amide bonds. The molecule has 22 heavy (non-hydrogen) atoms. The molecule has 1 aromatic carbocycles. The van der Waals surface area contributed by atoms with E-state index in [1.54, 1.807) is 13.1 Å². The summed E-state index contributed by atoms with van der Waals surface area (Å²) < 4.78 is 23.8. The Kier molecular flexibility index (Phi) is 10.9. The van der Waals surface area contributed by atoms with Crippen LogP contribution in [0.4, 0.5) is 4.39 Å². The van der Waals surface area contributed by atoms with Crippen LogP contribution in [0.1, 0.15) is 12.5 Å². The van der Waals surface area contributed by atoms with Crippen LogP contribution in [0.3, 0.4) is 0 Å². The zero-order chi connectivity index (χ0) is 15.7. The molecule has 0 aromatic heterocycles. The molecule has 0 heterocycles. The van der Waals surface area contributed by atoms with Crippen molar-refractivity contribution in [3.63, 3.8) is 0 Å². The Bertz CT molecular complexity index is 472. The minimum absolute atomic E-state index is 0. The minimum atomic E-state index is -0.359. The maximum Gasteiger partial charge on any atom is 0.193 e. The van der Waals surface area contributed by atoms with Gasteiger partial charge < -0.3 is 19.7 Å². The number of nitrogens with zero attached hydrogens (tertiary/aromatic N) is 2. The molecule has 0 aliphatic rings. The highest BCUT2D eigenvalue weighted by Crippen LogP contribution is 2.18. The van der Waals surface area contributed by atoms with E-state index in [1.165, 1.54) is 13.2 Å².